The summed E-state index contributed by atoms with van der Waals surface area (Å²) in [6, 6.07) is 44.9. The molecule has 170 valence electrons. The summed E-state index contributed by atoms with van der Waals surface area (Å²) in [6.45, 7) is 0. The number of rotatable bonds is 4. The second kappa shape index (κ2) is 8.40. The fourth-order valence-electron chi connectivity index (χ4n) is 5.16. The van der Waals surface area contributed by atoms with Crippen molar-refractivity contribution in [1.82, 2.24) is 14.1 Å². The van der Waals surface area contributed by atoms with Crippen LogP contribution in [0.1, 0.15) is 0 Å². The van der Waals surface area contributed by atoms with Crippen molar-refractivity contribution in [1.29, 1.82) is 0 Å². The molecule has 0 radical (unpaired) electrons. The molecule has 2 heterocycles. The Bertz CT molecular complexity index is 1830. The summed E-state index contributed by atoms with van der Waals surface area (Å²) in [6.07, 6.45) is 3.92. The van der Waals surface area contributed by atoms with E-state index in [0.29, 0.717) is 0 Å². The van der Waals surface area contributed by atoms with Gasteiger partial charge in [0.15, 0.2) is 0 Å². The normalized spacial score (nSPS) is 11.3. The lowest BCUT2D eigenvalue weighted by Gasteiger charge is -2.11. The highest BCUT2D eigenvalue weighted by Crippen LogP contribution is 2.34. The van der Waals surface area contributed by atoms with Crippen LogP contribution in [-0.2, 0) is 0 Å². The van der Waals surface area contributed by atoms with Crippen LogP contribution in [-0.4, -0.2) is 14.1 Å². The highest BCUT2D eigenvalue weighted by molar-refractivity contribution is 6.09. The predicted molar refractivity (Wildman–Crippen MR) is 149 cm³/mol. The Hall–Kier alpha value is -4.89. The van der Waals surface area contributed by atoms with E-state index in [1.807, 2.05) is 18.5 Å². The molecule has 0 saturated heterocycles. The molecule has 0 atom stereocenters. The van der Waals surface area contributed by atoms with Gasteiger partial charge in [0.2, 0.25) is 0 Å². The molecule has 3 heteroatoms. The van der Waals surface area contributed by atoms with Crippen molar-refractivity contribution in [3.63, 3.8) is 0 Å². The first-order valence-corrected chi connectivity index (χ1v) is 12.1. The Morgan fingerprint density at radius 3 is 2.03 bits per heavy atom. The number of fused-ring (bicyclic) bond motifs is 3. The standard InChI is InChI=1S/C33H23N3/c1-3-10-24(11-4-1)25-12-9-13-26(22-25)33-34-20-21-35(33)28-18-19-32-30(23-28)29-16-7-8-17-31(29)36(32)27-14-5-2-6-15-27/h1-23H. The minimum Gasteiger partial charge on any atom is -0.309 e. The quantitative estimate of drug-likeness (QED) is 0.258. The average molecular weight is 462 g/mol. The van der Waals surface area contributed by atoms with E-state index in [1.54, 1.807) is 0 Å². The van der Waals surface area contributed by atoms with Gasteiger partial charge in [-0.25, -0.2) is 4.98 Å². The summed E-state index contributed by atoms with van der Waals surface area (Å²) in [5, 5.41) is 2.47. The molecule has 0 spiro atoms. The third kappa shape index (κ3) is 3.33. The highest BCUT2D eigenvalue weighted by atomic mass is 15.1. The zero-order valence-electron chi connectivity index (χ0n) is 19.6. The van der Waals surface area contributed by atoms with E-state index in [0.717, 1.165) is 22.8 Å². The summed E-state index contributed by atoms with van der Waals surface area (Å²) in [4.78, 5) is 4.75. The Morgan fingerprint density at radius 2 is 1.17 bits per heavy atom. The molecule has 0 N–H and O–H groups in total. The fourth-order valence-corrected chi connectivity index (χ4v) is 5.16. The zero-order chi connectivity index (χ0) is 23.9. The number of nitrogens with zero attached hydrogens (tertiary/aromatic N) is 3. The van der Waals surface area contributed by atoms with E-state index in [9.17, 15) is 0 Å². The molecule has 5 aromatic carbocycles. The van der Waals surface area contributed by atoms with Crippen molar-refractivity contribution < 1.29 is 0 Å². The third-order valence-corrected chi connectivity index (χ3v) is 6.82. The topological polar surface area (TPSA) is 22.8 Å². The Balaban J connectivity index is 1.39. The molecule has 0 aliphatic rings. The fraction of sp³-hybridized carbons (Fsp3) is 0. The van der Waals surface area contributed by atoms with Crippen LogP contribution in [0.15, 0.2) is 140 Å². The van der Waals surface area contributed by atoms with Crippen LogP contribution in [0.4, 0.5) is 0 Å². The van der Waals surface area contributed by atoms with Crippen molar-refractivity contribution in [3.05, 3.63) is 140 Å². The number of imidazole rings is 1. The molecule has 0 saturated carbocycles. The van der Waals surface area contributed by atoms with Gasteiger partial charge in [-0.05, 0) is 53.6 Å². The van der Waals surface area contributed by atoms with Gasteiger partial charge in [-0.15, -0.1) is 0 Å². The minimum absolute atomic E-state index is 0.930. The summed E-state index contributed by atoms with van der Waals surface area (Å²) >= 11 is 0. The molecule has 0 fully saturated rings. The van der Waals surface area contributed by atoms with Crippen LogP contribution >= 0.6 is 0 Å². The lowest BCUT2D eigenvalue weighted by molar-refractivity contribution is 1.07. The van der Waals surface area contributed by atoms with E-state index in [2.05, 4.69) is 130 Å². The summed E-state index contributed by atoms with van der Waals surface area (Å²) in [5.74, 6) is 0.930. The molecule has 7 aromatic rings. The van der Waals surface area contributed by atoms with Crippen LogP contribution in [0, 0.1) is 0 Å². The molecule has 0 amide bonds. The van der Waals surface area contributed by atoms with Gasteiger partial charge in [-0.3, -0.25) is 4.57 Å². The van der Waals surface area contributed by atoms with Gasteiger partial charge in [0, 0.05) is 40.1 Å². The maximum absolute atomic E-state index is 4.75. The molecule has 3 nitrogen and oxygen atoms in total. The molecule has 0 bridgehead atoms. The van der Waals surface area contributed by atoms with E-state index in [-0.39, 0.29) is 0 Å². The summed E-state index contributed by atoms with van der Waals surface area (Å²) in [7, 11) is 0. The lowest BCUT2D eigenvalue weighted by Crippen LogP contribution is -1.97. The maximum atomic E-state index is 4.75. The average Bonchev–Trinajstić information content (AvgIpc) is 3.57. The molecule has 0 aliphatic heterocycles. The van der Waals surface area contributed by atoms with Gasteiger partial charge < -0.3 is 4.57 Å². The molecule has 2 aromatic heterocycles. The summed E-state index contributed by atoms with van der Waals surface area (Å²) < 4.78 is 4.52. The van der Waals surface area contributed by atoms with Gasteiger partial charge in [0.05, 0.1) is 11.0 Å². The highest BCUT2D eigenvalue weighted by Gasteiger charge is 2.15. The monoisotopic (exact) mass is 461 g/mol. The van der Waals surface area contributed by atoms with Gasteiger partial charge in [-0.2, -0.15) is 0 Å². The van der Waals surface area contributed by atoms with Crippen molar-refractivity contribution >= 4 is 21.8 Å². The largest absolute Gasteiger partial charge is 0.309 e. The Morgan fingerprint density at radius 1 is 0.472 bits per heavy atom. The first kappa shape index (κ1) is 20.5. The van der Waals surface area contributed by atoms with Gasteiger partial charge in [0.1, 0.15) is 5.82 Å². The first-order valence-electron chi connectivity index (χ1n) is 12.1. The molecule has 0 aliphatic carbocycles. The predicted octanol–water partition coefficient (Wildman–Crippen LogP) is 8.30. The van der Waals surface area contributed by atoms with Gasteiger partial charge in [0.25, 0.3) is 0 Å². The first-order chi connectivity index (χ1) is 17.9. The maximum Gasteiger partial charge on any atom is 0.144 e. The van der Waals surface area contributed by atoms with E-state index >= 15 is 0 Å². The van der Waals surface area contributed by atoms with Crippen molar-refractivity contribution in [2.45, 2.75) is 0 Å². The van der Waals surface area contributed by atoms with Crippen LogP contribution < -0.4 is 0 Å². The van der Waals surface area contributed by atoms with Crippen LogP contribution in [0.5, 0.6) is 0 Å². The second-order valence-corrected chi connectivity index (χ2v) is 8.96. The van der Waals surface area contributed by atoms with Crippen molar-refractivity contribution in [3.8, 4) is 33.9 Å². The Labute approximate surface area is 209 Å². The zero-order valence-corrected chi connectivity index (χ0v) is 19.6. The molecule has 36 heavy (non-hydrogen) atoms. The van der Waals surface area contributed by atoms with Crippen molar-refractivity contribution in [2.24, 2.45) is 0 Å². The van der Waals surface area contributed by atoms with Crippen molar-refractivity contribution in [2.75, 3.05) is 0 Å². The van der Waals surface area contributed by atoms with Gasteiger partial charge in [-0.1, -0.05) is 84.9 Å². The van der Waals surface area contributed by atoms with E-state index in [4.69, 9.17) is 4.98 Å². The summed E-state index contributed by atoms with van der Waals surface area (Å²) in [5.41, 5.74) is 8.13. The number of para-hydroxylation sites is 2. The molecule has 7 rings (SSSR count). The molecular formula is C33H23N3. The third-order valence-electron chi connectivity index (χ3n) is 6.82. The van der Waals surface area contributed by atoms with Crippen LogP contribution in [0.25, 0.3) is 55.7 Å². The molecular weight excluding hydrogens is 438 g/mol. The van der Waals surface area contributed by atoms with Crippen LogP contribution in [0.3, 0.4) is 0 Å². The van der Waals surface area contributed by atoms with Crippen LogP contribution in [0.2, 0.25) is 0 Å². The van der Waals surface area contributed by atoms with E-state index < -0.39 is 0 Å². The smallest absolute Gasteiger partial charge is 0.144 e. The number of hydrogen-bond donors (Lipinski definition) is 0. The van der Waals surface area contributed by atoms with Gasteiger partial charge >= 0.3 is 0 Å². The lowest BCUT2D eigenvalue weighted by atomic mass is 10.0. The number of hydrogen-bond acceptors (Lipinski definition) is 1. The number of benzene rings is 5. The molecule has 0 unspecified atom stereocenters. The minimum atomic E-state index is 0.930. The Kier molecular flexibility index (Phi) is 4.78. The SMILES string of the molecule is c1ccc(-c2cccc(-c3nccn3-c3ccc4c(c3)c3ccccc3n4-c3ccccc3)c2)cc1. The second-order valence-electron chi connectivity index (χ2n) is 8.96. The number of aromatic nitrogens is 3. The van der Waals surface area contributed by atoms with E-state index in [1.165, 1.54) is 32.9 Å².